The summed E-state index contributed by atoms with van der Waals surface area (Å²) in [6.45, 7) is 4.05. The fourth-order valence-electron chi connectivity index (χ4n) is 2.59. The lowest BCUT2D eigenvalue weighted by Crippen LogP contribution is -2.56. The van der Waals surface area contributed by atoms with Crippen LogP contribution < -0.4 is 10.5 Å². The van der Waals surface area contributed by atoms with Crippen LogP contribution in [0.5, 0.6) is 0 Å². The first-order valence-corrected chi connectivity index (χ1v) is 8.94. The summed E-state index contributed by atoms with van der Waals surface area (Å²) in [5, 5.41) is 0. The quantitative estimate of drug-likeness (QED) is 0.847. The molecule has 0 saturated carbocycles. The van der Waals surface area contributed by atoms with Crippen LogP contribution in [0.4, 0.5) is 4.39 Å². The van der Waals surface area contributed by atoms with E-state index in [1.807, 2.05) is 0 Å². The minimum Gasteiger partial charge on any atom is -0.340 e. The molecule has 6 nitrogen and oxygen atoms in total. The van der Waals surface area contributed by atoms with Gasteiger partial charge >= 0.3 is 0 Å². The normalized spacial score (nSPS) is 19.7. The second-order valence-corrected chi connectivity index (χ2v) is 8.10. The summed E-state index contributed by atoms with van der Waals surface area (Å²) >= 11 is 0. The third-order valence-electron chi connectivity index (χ3n) is 3.69. The van der Waals surface area contributed by atoms with E-state index in [0.29, 0.717) is 19.4 Å². The predicted molar refractivity (Wildman–Crippen MR) is 84.6 cm³/mol. The highest BCUT2D eigenvalue weighted by Crippen LogP contribution is 2.17. The summed E-state index contributed by atoms with van der Waals surface area (Å²) in [4.78, 5) is 13.7. The van der Waals surface area contributed by atoms with Crippen molar-refractivity contribution in [3.8, 4) is 0 Å². The van der Waals surface area contributed by atoms with Gasteiger partial charge in [0.15, 0.2) is 0 Å². The van der Waals surface area contributed by atoms with Crippen LogP contribution in [0.3, 0.4) is 0 Å². The Kier molecular flexibility index (Phi) is 5.07. The van der Waals surface area contributed by atoms with Gasteiger partial charge < -0.3 is 10.6 Å². The first kappa shape index (κ1) is 17.8. The van der Waals surface area contributed by atoms with Crippen molar-refractivity contribution in [2.75, 3.05) is 13.1 Å². The highest BCUT2D eigenvalue weighted by atomic mass is 32.2. The number of hydrogen-bond acceptors (Lipinski definition) is 4. The van der Waals surface area contributed by atoms with Gasteiger partial charge in [0, 0.05) is 19.1 Å². The second kappa shape index (κ2) is 6.54. The van der Waals surface area contributed by atoms with Crippen LogP contribution in [-0.4, -0.2) is 43.9 Å². The SMILES string of the molecule is CC(C)(N)C(=O)N1CCCC(NS(=O)(=O)c2cccc(F)c2)C1. The Balaban J connectivity index is 2.09. The molecule has 1 aromatic rings. The molecule has 2 rings (SSSR count). The molecule has 0 spiro atoms. The van der Waals surface area contributed by atoms with Gasteiger partial charge in [-0.05, 0) is 44.9 Å². The zero-order chi connectivity index (χ0) is 17.3. The van der Waals surface area contributed by atoms with Crippen LogP contribution in [0.2, 0.25) is 0 Å². The molecule has 1 saturated heterocycles. The molecule has 1 aliphatic heterocycles. The minimum absolute atomic E-state index is 0.125. The molecular weight excluding hydrogens is 321 g/mol. The van der Waals surface area contributed by atoms with Crippen molar-refractivity contribution in [2.45, 2.75) is 43.2 Å². The molecule has 8 heteroatoms. The van der Waals surface area contributed by atoms with E-state index in [1.165, 1.54) is 18.2 Å². The van der Waals surface area contributed by atoms with E-state index in [4.69, 9.17) is 5.73 Å². The van der Waals surface area contributed by atoms with E-state index in [9.17, 15) is 17.6 Å². The summed E-state index contributed by atoms with van der Waals surface area (Å²) in [6.07, 6.45) is 1.29. The number of amides is 1. The van der Waals surface area contributed by atoms with Gasteiger partial charge in [0.05, 0.1) is 10.4 Å². The van der Waals surface area contributed by atoms with Crippen LogP contribution >= 0.6 is 0 Å². The second-order valence-electron chi connectivity index (χ2n) is 6.39. The minimum atomic E-state index is -3.83. The van der Waals surface area contributed by atoms with Crippen LogP contribution in [0.15, 0.2) is 29.2 Å². The summed E-state index contributed by atoms with van der Waals surface area (Å²) < 4.78 is 40.4. The van der Waals surface area contributed by atoms with Gasteiger partial charge in [-0.15, -0.1) is 0 Å². The average Bonchev–Trinajstić information content (AvgIpc) is 2.45. The molecule has 1 aromatic carbocycles. The lowest BCUT2D eigenvalue weighted by atomic mass is 10.0. The van der Waals surface area contributed by atoms with Gasteiger partial charge in [-0.2, -0.15) is 0 Å². The number of halogens is 1. The fourth-order valence-corrected chi connectivity index (χ4v) is 3.88. The van der Waals surface area contributed by atoms with Crippen molar-refractivity contribution >= 4 is 15.9 Å². The van der Waals surface area contributed by atoms with Crippen LogP contribution in [0.25, 0.3) is 0 Å². The number of rotatable bonds is 4. The average molecular weight is 343 g/mol. The first-order valence-electron chi connectivity index (χ1n) is 7.46. The number of nitrogens with two attached hydrogens (primary N) is 1. The maximum absolute atomic E-state index is 13.2. The predicted octanol–water partition coefficient (Wildman–Crippen LogP) is 0.832. The molecule has 0 bridgehead atoms. The number of hydrogen-bond donors (Lipinski definition) is 2. The topological polar surface area (TPSA) is 92.5 Å². The molecule has 1 fully saturated rings. The van der Waals surface area contributed by atoms with E-state index in [1.54, 1.807) is 18.7 Å². The first-order chi connectivity index (χ1) is 10.6. The number of piperidine rings is 1. The summed E-state index contributed by atoms with van der Waals surface area (Å²) in [6, 6.07) is 4.42. The standard InChI is InChI=1S/C15H22FN3O3S/c1-15(2,17)14(20)19-8-4-6-12(10-19)18-23(21,22)13-7-3-5-11(16)9-13/h3,5,7,9,12,18H,4,6,8,10,17H2,1-2H3. The summed E-state index contributed by atoms with van der Waals surface area (Å²) in [5.74, 6) is -0.828. The number of nitrogens with zero attached hydrogens (tertiary/aromatic N) is 1. The molecule has 1 unspecified atom stereocenters. The number of likely N-dealkylation sites (tertiary alicyclic amines) is 1. The molecule has 1 aliphatic rings. The molecule has 128 valence electrons. The number of benzene rings is 1. The molecule has 1 amide bonds. The van der Waals surface area contributed by atoms with Gasteiger partial charge in [0.1, 0.15) is 5.82 Å². The van der Waals surface area contributed by atoms with Gasteiger partial charge in [-0.3, -0.25) is 4.79 Å². The van der Waals surface area contributed by atoms with Crippen molar-refractivity contribution in [3.63, 3.8) is 0 Å². The summed E-state index contributed by atoms with van der Waals surface area (Å²) in [5.41, 5.74) is 4.82. The van der Waals surface area contributed by atoms with Crippen molar-refractivity contribution in [1.29, 1.82) is 0 Å². The maximum atomic E-state index is 13.2. The Labute approximate surface area is 135 Å². The highest BCUT2D eigenvalue weighted by molar-refractivity contribution is 7.89. The van der Waals surface area contributed by atoms with Gasteiger partial charge in [0.25, 0.3) is 0 Å². The van der Waals surface area contributed by atoms with Gasteiger partial charge in [-0.1, -0.05) is 6.07 Å². The van der Waals surface area contributed by atoms with Crippen molar-refractivity contribution in [2.24, 2.45) is 5.73 Å². The van der Waals surface area contributed by atoms with Crippen LogP contribution in [0, 0.1) is 5.82 Å². The Hall–Kier alpha value is -1.51. The van der Waals surface area contributed by atoms with Crippen molar-refractivity contribution in [3.05, 3.63) is 30.1 Å². The molecular formula is C15H22FN3O3S. The molecule has 0 radical (unpaired) electrons. The molecule has 1 heterocycles. The largest absolute Gasteiger partial charge is 0.340 e. The molecule has 1 atom stereocenters. The smallest absolute Gasteiger partial charge is 0.242 e. The third-order valence-corrected chi connectivity index (χ3v) is 5.21. The number of sulfonamides is 1. The molecule has 3 N–H and O–H groups in total. The Morgan fingerprint density at radius 3 is 2.74 bits per heavy atom. The maximum Gasteiger partial charge on any atom is 0.242 e. The molecule has 0 aromatic heterocycles. The number of carbonyl (C=O) groups is 1. The zero-order valence-corrected chi connectivity index (χ0v) is 14.1. The van der Waals surface area contributed by atoms with Crippen LogP contribution in [0.1, 0.15) is 26.7 Å². The van der Waals surface area contributed by atoms with Crippen molar-refractivity contribution in [1.82, 2.24) is 9.62 Å². The monoisotopic (exact) mass is 343 g/mol. The number of carbonyl (C=O) groups excluding carboxylic acids is 1. The van der Waals surface area contributed by atoms with E-state index >= 15 is 0 Å². The van der Waals surface area contributed by atoms with Crippen molar-refractivity contribution < 1.29 is 17.6 Å². The Bertz CT molecular complexity index is 685. The lowest BCUT2D eigenvalue weighted by molar-refractivity contribution is -0.137. The van der Waals surface area contributed by atoms with Crippen LogP contribution in [-0.2, 0) is 14.8 Å². The molecule has 23 heavy (non-hydrogen) atoms. The highest BCUT2D eigenvalue weighted by Gasteiger charge is 2.33. The Morgan fingerprint density at radius 2 is 2.13 bits per heavy atom. The Morgan fingerprint density at radius 1 is 1.43 bits per heavy atom. The van der Waals surface area contributed by atoms with Gasteiger partial charge in [0.2, 0.25) is 15.9 Å². The lowest BCUT2D eigenvalue weighted by Gasteiger charge is -2.36. The van der Waals surface area contributed by atoms with E-state index in [-0.39, 0.29) is 17.3 Å². The van der Waals surface area contributed by atoms with E-state index in [2.05, 4.69) is 4.72 Å². The fraction of sp³-hybridized carbons (Fsp3) is 0.533. The van der Waals surface area contributed by atoms with Gasteiger partial charge in [-0.25, -0.2) is 17.5 Å². The van der Waals surface area contributed by atoms with E-state index in [0.717, 1.165) is 6.07 Å². The summed E-state index contributed by atoms with van der Waals surface area (Å²) in [7, 11) is -3.83. The molecule has 0 aliphatic carbocycles. The number of nitrogens with one attached hydrogen (secondary N) is 1. The van der Waals surface area contributed by atoms with E-state index < -0.39 is 27.4 Å². The third kappa shape index (κ3) is 4.49. The zero-order valence-electron chi connectivity index (χ0n) is 13.3.